The highest BCUT2D eigenvalue weighted by Gasteiger charge is 2.09. The number of rotatable bonds is 5. The van der Waals surface area contributed by atoms with Gasteiger partial charge in [0.05, 0.1) is 0 Å². The van der Waals surface area contributed by atoms with Gasteiger partial charge in [0.15, 0.2) is 0 Å². The van der Waals surface area contributed by atoms with E-state index >= 15 is 0 Å². The second-order valence-electron chi connectivity index (χ2n) is 4.32. The van der Waals surface area contributed by atoms with Gasteiger partial charge in [-0.05, 0) is 18.5 Å². The van der Waals surface area contributed by atoms with E-state index in [2.05, 4.69) is 30.7 Å². The zero-order chi connectivity index (χ0) is 12.1. The van der Waals surface area contributed by atoms with Gasteiger partial charge in [0, 0.05) is 29.9 Å². The highest BCUT2D eigenvalue weighted by atomic mass is 35.5. The van der Waals surface area contributed by atoms with E-state index in [-0.39, 0.29) is 0 Å². The Kier molecular flexibility index (Phi) is 5.53. The molecule has 0 amide bonds. The topological polar surface area (TPSA) is 16.1 Å². The molecule has 0 radical (unpaired) electrons. The highest BCUT2D eigenvalue weighted by molar-refractivity contribution is 6.34. The Morgan fingerprint density at radius 1 is 1.38 bits per heavy atom. The molecule has 16 heavy (non-hydrogen) atoms. The van der Waals surface area contributed by atoms with Crippen LogP contribution in [0.15, 0.2) is 12.3 Å². The molecule has 0 aliphatic heterocycles. The molecule has 2 nitrogen and oxygen atoms in total. The maximum Gasteiger partial charge on any atom is 0.130 e. The van der Waals surface area contributed by atoms with Gasteiger partial charge >= 0.3 is 0 Å². The van der Waals surface area contributed by atoms with E-state index in [9.17, 15) is 0 Å². The van der Waals surface area contributed by atoms with Crippen molar-refractivity contribution in [1.82, 2.24) is 9.88 Å². The first-order valence-corrected chi connectivity index (χ1v) is 6.30. The zero-order valence-electron chi connectivity index (χ0n) is 10.0. The first-order chi connectivity index (χ1) is 7.52. The van der Waals surface area contributed by atoms with Crippen molar-refractivity contribution in [3.63, 3.8) is 0 Å². The Bertz CT molecular complexity index is 340. The predicted molar refractivity (Wildman–Crippen MR) is 70.0 cm³/mol. The minimum atomic E-state index is 0.445. The fraction of sp³-hybridized carbons (Fsp3) is 0.583. The molecule has 0 aliphatic rings. The number of hydrogen-bond donors (Lipinski definition) is 0. The normalized spacial score (nSPS) is 11.4. The Balaban J connectivity index is 2.70. The molecule has 0 saturated carbocycles. The summed E-state index contributed by atoms with van der Waals surface area (Å²) >= 11 is 11.9. The molecule has 1 aromatic rings. The summed E-state index contributed by atoms with van der Waals surface area (Å²) in [5.41, 5.74) is 1.04. The fourth-order valence-electron chi connectivity index (χ4n) is 1.61. The van der Waals surface area contributed by atoms with E-state index in [1.807, 2.05) is 0 Å². The molecule has 0 atom stereocenters. The van der Waals surface area contributed by atoms with Crippen molar-refractivity contribution >= 4 is 23.2 Å². The summed E-state index contributed by atoms with van der Waals surface area (Å²) in [5, 5.41) is 1.14. The van der Waals surface area contributed by atoms with Gasteiger partial charge in [0.2, 0.25) is 0 Å². The molecule has 0 fully saturated rings. The third-order valence-corrected chi connectivity index (χ3v) is 2.92. The van der Waals surface area contributed by atoms with Gasteiger partial charge in [-0.15, -0.1) is 0 Å². The van der Waals surface area contributed by atoms with Crippen LogP contribution in [0.4, 0.5) is 0 Å². The van der Waals surface area contributed by atoms with E-state index in [0.717, 1.165) is 25.2 Å². The van der Waals surface area contributed by atoms with Gasteiger partial charge in [-0.3, -0.25) is 4.90 Å². The van der Waals surface area contributed by atoms with Crippen LogP contribution < -0.4 is 0 Å². The first-order valence-electron chi connectivity index (χ1n) is 5.55. The summed E-state index contributed by atoms with van der Waals surface area (Å²) < 4.78 is 0. The number of pyridine rings is 1. The maximum absolute atomic E-state index is 6.12. The Morgan fingerprint density at radius 3 is 2.56 bits per heavy atom. The largest absolute Gasteiger partial charge is 0.299 e. The van der Waals surface area contributed by atoms with Gasteiger partial charge in [-0.2, -0.15) is 0 Å². The predicted octanol–water partition coefficient (Wildman–Crippen LogP) is 3.87. The molecule has 1 rings (SSSR count). The summed E-state index contributed by atoms with van der Waals surface area (Å²) in [5.74, 6) is 0.652. The van der Waals surface area contributed by atoms with E-state index in [0.29, 0.717) is 16.1 Å². The third-order valence-electron chi connectivity index (χ3n) is 2.36. The van der Waals surface area contributed by atoms with Crippen LogP contribution >= 0.6 is 23.2 Å². The smallest absolute Gasteiger partial charge is 0.130 e. The van der Waals surface area contributed by atoms with Crippen molar-refractivity contribution in [2.75, 3.05) is 13.1 Å². The van der Waals surface area contributed by atoms with Crippen molar-refractivity contribution in [3.05, 3.63) is 28.0 Å². The Labute approximate surface area is 108 Å². The lowest BCUT2D eigenvalue weighted by atomic mass is 10.2. The minimum absolute atomic E-state index is 0.445. The molecule has 0 aliphatic carbocycles. The lowest BCUT2D eigenvalue weighted by molar-refractivity contribution is 0.248. The molecule has 0 N–H and O–H groups in total. The van der Waals surface area contributed by atoms with Crippen molar-refractivity contribution in [1.29, 1.82) is 0 Å². The molecule has 0 aromatic carbocycles. The van der Waals surface area contributed by atoms with Crippen LogP contribution in [0.25, 0.3) is 0 Å². The van der Waals surface area contributed by atoms with Crippen LogP contribution in [-0.2, 0) is 6.54 Å². The Hall–Kier alpha value is -0.310. The minimum Gasteiger partial charge on any atom is -0.299 e. The fourth-order valence-corrected chi connectivity index (χ4v) is 2.04. The molecule has 0 spiro atoms. The van der Waals surface area contributed by atoms with E-state index in [4.69, 9.17) is 23.2 Å². The summed E-state index contributed by atoms with van der Waals surface area (Å²) in [6, 6.07) is 1.70. The molecule has 0 saturated heterocycles. The second kappa shape index (κ2) is 6.43. The third kappa shape index (κ3) is 4.28. The van der Waals surface area contributed by atoms with Crippen LogP contribution in [0.2, 0.25) is 10.2 Å². The summed E-state index contributed by atoms with van der Waals surface area (Å²) in [7, 11) is 0. The van der Waals surface area contributed by atoms with Crippen molar-refractivity contribution in [3.8, 4) is 0 Å². The summed E-state index contributed by atoms with van der Waals surface area (Å²) in [6.07, 6.45) is 1.76. The molecule has 0 unspecified atom stereocenters. The molecule has 90 valence electrons. The average Bonchev–Trinajstić information content (AvgIpc) is 2.20. The quantitative estimate of drug-likeness (QED) is 0.748. The summed E-state index contributed by atoms with van der Waals surface area (Å²) in [4.78, 5) is 6.41. The summed E-state index contributed by atoms with van der Waals surface area (Å²) in [6.45, 7) is 9.48. The second-order valence-corrected chi connectivity index (χ2v) is 5.11. The average molecular weight is 261 g/mol. The van der Waals surface area contributed by atoms with E-state index in [1.165, 1.54) is 0 Å². The van der Waals surface area contributed by atoms with Crippen LogP contribution in [-0.4, -0.2) is 23.0 Å². The van der Waals surface area contributed by atoms with Crippen molar-refractivity contribution in [2.45, 2.75) is 27.3 Å². The zero-order valence-corrected chi connectivity index (χ0v) is 11.5. The number of aromatic nitrogens is 1. The standard InChI is InChI=1S/C12H18Cl2N2/c1-4-16(7-9(2)3)8-10-6-15-12(14)5-11(10)13/h5-6,9H,4,7-8H2,1-3H3. The molecule has 0 bridgehead atoms. The van der Waals surface area contributed by atoms with Gasteiger partial charge in [0.1, 0.15) is 5.15 Å². The van der Waals surface area contributed by atoms with Crippen LogP contribution in [0.5, 0.6) is 0 Å². The molecular formula is C12H18Cl2N2. The molecule has 1 aromatic heterocycles. The Morgan fingerprint density at radius 2 is 2.06 bits per heavy atom. The number of hydrogen-bond acceptors (Lipinski definition) is 2. The maximum atomic E-state index is 6.12. The van der Waals surface area contributed by atoms with Gasteiger partial charge < -0.3 is 0 Å². The van der Waals surface area contributed by atoms with Gasteiger partial charge in [-0.25, -0.2) is 4.98 Å². The van der Waals surface area contributed by atoms with Crippen LogP contribution in [0.3, 0.4) is 0 Å². The van der Waals surface area contributed by atoms with E-state index < -0.39 is 0 Å². The van der Waals surface area contributed by atoms with Crippen molar-refractivity contribution in [2.24, 2.45) is 5.92 Å². The monoisotopic (exact) mass is 260 g/mol. The van der Waals surface area contributed by atoms with Gasteiger partial charge in [0.25, 0.3) is 0 Å². The molecule has 1 heterocycles. The van der Waals surface area contributed by atoms with Crippen LogP contribution in [0.1, 0.15) is 26.3 Å². The highest BCUT2D eigenvalue weighted by Crippen LogP contribution is 2.20. The van der Waals surface area contributed by atoms with Crippen LogP contribution in [0, 0.1) is 5.92 Å². The number of nitrogens with zero attached hydrogens (tertiary/aromatic N) is 2. The first kappa shape index (κ1) is 13.8. The van der Waals surface area contributed by atoms with E-state index in [1.54, 1.807) is 12.3 Å². The van der Waals surface area contributed by atoms with Crippen molar-refractivity contribution < 1.29 is 0 Å². The molecular weight excluding hydrogens is 243 g/mol. The lowest BCUT2D eigenvalue weighted by Crippen LogP contribution is -2.27. The van der Waals surface area contributed by atoms with Gasteiger partial charge in [-0.1, -0.05) is 44.0 Å². The molecule has 4 heteroatoms. The number of halogens is 2. The lowest BCUT2D eigenvalue weighted by Gasteiger charge is -2.22. The SMILES string of the molecule is CCN(Cc1cnc(Cl)cc1Cl)CC(C)C.